The van der Waals surface area contributed by atoms with Crippen LogP contribution in [0, 0.1) is 6.92 Å². The Morgan fingerprint density at radius 2 is 2.00 bits per heavy atom. The van der Waals surface area contributed by atoms with Crippen LogP contribution < -0.4 is 14.8 Å². The minimum atomic E-state index is -0.762. The molecule has 1 unspecified atom stereocenters. The zero-order valence-electron chi connectivity index (χ0n) is 15.1. The Morgan fingerprint density at radius 3 is 2.65 bits per heavy atom. The normalized spacial score (nSPS) is 11.9. The van der Waals surface area contributed by atoms with Crippen molar-refractivity contribution in [2.45, 2.75) is 20.0 Å². The van der Waals surface area contributed by atoms with Crippen molar-refractivity contribution < 1.29 is 19.1 Å². The first-order chi connectivity index (χ1) is 12.4. The zero-order chi connectivity index (χ0) is 19.1. The molecule has 1 N–H and O–H groups in total. The highest BCUT2D eigenvalue weighted by atomic mass is 35.5. The lowest BCUT2D eigenvalue weighted by molar-refractivity contribution is -0.126. The van der Waals surface area contributed by atoms with Crippen LogP contribution >= 0.6 is 11.6 Å². The van der Waals surface area contributed by atoms with Gasteiger partial charge in [0.25, 0.3) is 5.91 Å². The number of carbonyl (C=O) groups excluding carboxylic acids is 1. The molecule has 0 saturated carbocycles. The molecule has 2 aromatic rings. The van der Waals surface area contributed by atoms with Gasteiger partial charge in [-0.15, -0.1) is 0 Å². The maximum Gasteiger partial charge on any atom is 0.267 e. The Morgan fingerprint density at radius 1 is 1.23 bits per heavy atom. The van der Waals surface area contributed by atoms with Gasteiger partial charge in [0.15, 0.2) is 11.5 Å². The Bertz CT molecular complexity index is 808. The molecular weight excluding hydrogens is 356 g/mol. The number of hydrogen-bond acceptors (Lipinski definition) is 5. The van der Waals surface area contributed by atoms with Gasteiger partial charge < -0.3 is 19.6 Å². The second-order valence-corrected chi connectivity index (χ2v) is 5.99. The van der Waals surface area contributed by atoms with E-state index in [9.17, 15) is 4.79 Å². The van der Waals surface area contributed by atoms with E-state index in [-0.39, 0.29) is 5.91 Å². The fraction of sp³-hybridized carbons (Fsp3) is 0.263. The third kappa shape index (κ3) is 5.13. The predicted octanol–water partition coefficient (Wildman–Crippen LogP) is 4.04. The third-order valence-electron chi connectivity index (χ3n) is 3.53. The van der Waals surface area contributed by atoms with Crippen LogP contribution in [-0.2, 0) is 9.63 Å². The molecule has 26 heavy (non-hydrogen) atoms. The molecule has 1 atom stereocenters. The Labute approximate surface area is 157 Å². The summed E-state index contributed by atoms with van der Waals surface area (Å²) >= 11 is 6.14. The van der Waals surface area contributed by atoms with Crippen LogP contribution in [0.1, 0.15) is 18.1 Å². The number of aryl methyl sites for hydroxylation is 1. The first kappa shape index (κ1) is 19.6. The number of ether oxygens (including phenoxy) is 2. The summed E-state index contributed by atoms with van der Waals surface area (Å²) in [4.78, 5) is 17.4. The summed E-state index contributed by atoms with van der Waals surface area (Å²) < 4.78 is 10.4. The van der Waals surface area contributed by atoms with Gasteiger partial charge in [-0.3, -0.25) is 4.79 Å². The SMILES string of the molecule is COc1cc(/C=N/OC(C)C(=O)Nc2cccc(C)c2)cc(Cl)c1OC. The quantitative estimate of drug-likeness (QED) is 0.584. The summed E-state index contributed by atoms with van der Waals surface area (Å²) in [7, 11) is 3.03. The van der Waals surface area contributed by atoms with Gasteiger partial charge in [-0.05, 0) is 43.7 Å². The van der Waals surface area contributed by atoms with E-state index in [1.54, 1.807) is 19.1 Å². The van der Waals surface area contributed by atoms with Crippen LogP contribution in [0.2, 0.25) is 5.02 Å². The van der Waals surface area contributed by atoms with Crippen LogP contribution in [0.5, 0.6) is 11.5 Å². The van der Waals surface area contributed by atoms with Gasteiger partial charge >= 0.3 is 0 Å². The van der Waals surface area contributed by atoms with Crippen molar-refractivity contribution >= 4 is 29.4 Å². The van der Waals surface area contributed by atoms with Crippen LogP contribution in [0.3, 0.4) is 0 Å². The molecule has 138 valence electrons. The Kier molecular flexibility index (Phi) is 6.86. The molecule has 1 amide bonds. The van der Waals surface area contributed by atoms with Crippen molar-refractivity contribution in [3.05, 3.63) is 52.5 Å². The number of amides is 1. The summed E-state index contributed by atoms with van der Waals surface area (Å²) in [5, 5.41) is 7.02. The molecule has 0 heterocycles. The molecule has 0 spiro atoms. The summed E-state index contributed by atoms with van der Waals surface area (Å²) in [6.07, 6.45) is 0.687. The number of carbonyl (C=O) groups is 1. The van der Waals surface area contributed by atoms with Crippen LogP contribution in [0.15, 0.2) is 41.6 Å². The first-order valence-corrected chi connectivity index (χ1v) is 8.30. The van der Waals surface area contributed by atoms with Gasteiger partial charge in [-0.2, -0.15) is 0 Å². The number of oxime groups is 1. The monoisotopic (exact) mass is 376 g/mol. The van der Waals surface area contributed by atoms with E-state index in [1.807, 2.05) is 31.2 Å². The van der Waals surface area contributed by atoms with Crippen molar-refractivity contribution in [2.75, 3.05) is 19.5 Å². The smallest absolute Gasteiger partial charge is 0.267 e. The van der Waals surface area contributed by atoms with E-state index in [0.29, 0.717) is 27.8 Å². The second kappa shape index (κ2) is 9.10. The predicted molar refractivity (Wildman–Crippen MR) is 103 cm³/mol. The molecule has 0 aliphatic heterocycles. The minimum absolute atomic E-state index is 0.293. The van der Waals surface area contributed by atoms with E-state index in [0.717, 1.165) is 5.56 Å². The van der Waals surface area contributed by atoms with Crippen LogP contribution in [-0.4, -0.2) is 32.4 Å². The number of halogens is 1. The number of anilines is 1. The Hall–Kier alpha value is -2.73. The van der Waals surface area contributed by atoms with E-state index < -0.39 is 6.10 Å². The van der Waals surface area contributed by atoms with Gasteiger partial charge in [-0.25, -0.2) is 0 Å². The molecule has 0 aliphatic rings. The molecule has 0 aliphatic carbocycles. The lowest BCUT2D eigenvalue weighted by Gasteiger charge is -2.11. The van der Waals surface area contributed by atoms with Gasteiger partial charge in [0.2, 0.25) is 6.10 Å². The average molecular weight is 377 g/mol. The lowest BCUT2D eigenvalue weighted by atomic mass is 10.2. The number of rotatable bonds is 7. The Balaban J connectivity index is 1.99. The molecule has 0 radical (unpaired) electrons. The second-order valence-electron chi connectivity index (χ2n) is 5.58. The van der Waals surface area contributed by atoms with Gasteiger partial charge in [0, 0.05) is 11.3 Å². The van der Waals surface area contributed by atoms with Crippen molar-refractivity contribution in [1.82, 2.24) is 0 Å². The van der Waals surface area contributed by atoms with E-state index >= 15 is 0 Å². The number of methoxy groups -OCH3 is 2. The van der Waals surface area contributed by atoms with E-state index in [4.69, 9.17) is 25.9 Å². The van der Waals surface area contributed by atoms with E-state index in [2.05, 4.69) is 10.5 Å². The van der Waals surface area contributed by atoms with Crippen molar-refractivity contribution in [2.24, 2.45) is 5.16 Å². The fourth-order valence-corrected chi connectivity index (χ4v) is 2.51. The van der Waals surface area contributed by atoms with Crippen molar-refractivity contribution in [3.63, 3.8) is 0 Å². The molecule has 2 aromatic carbocycles. The number of nitrogens with one attached hydrogen (secondary N) is 1. The molecule has 0 aromatic heterocycles. The highest BCUT2D eigenvalue weighted by Crippen LogP contribution is 2.35. The third-order valence-corrected chi connectivity index (χ3v) is 3.81. The van der Waals surface area contributed by atoms with Gasteiger partial charge in [-0.1, -0.05) is 28.9 Å². The number of benzene rings is 2. The lowest BCUT2D eigenvalue weighted by Crippen LogP contribution is -2.26. The highest BCUT2D eigenvalue weighted by molar-refractivity contribution is 6.32. The van der Waals surface area contributed by atoms with Gasteiger partial charge in [0.1, 0.15) is 0 Å². The molecular formula is C19H21ClN2O4. The summed E-state index contributed by atoms with van der Waals surface area (Å²) in [5.41, 5.74) is 2.42. The minimum Gasteiger partial charge on any atom is -0.493 e. The molecule has 6 nitrogen and oxygen atoms in total. The molecule has 0 fully saturated rings. The molecule has 7 heteroatoms. The molecule has 0 saturated heterocycles. The maximum atomic E-state index is 12.1. The molecule has 2 rings (SSSR count). The van der Waals surface area contributed by atoms with E-state index in [1.165, 1.54) is 20.4 Å². The highest BCUT2D eigenvalue weighted by Gasteiger charge is 2.14. The average Bonchev–Trinajstić information content (AvgIpc) is 2.61. The van der Waals surface area contributed by atoms with Gasteiger partial charge in [0.05, 0.1) is 25.5 Å². The van der Waals surface area contributed by atoms with Crippen molar-refractivity contribution in [3.8, 4) is 11.5 Å². The number of nitrogens with zero attached hydrogens (tertiary/aromatic N) is 1. The molecule has 0 bridgehead atoms. The maximum absolute atomic E-state index is 12.1. The first-order valence-electron chi connectivity index (χ1n) is 7.93. The summed E-state index contributed by atoms with van der Waals surface area (Å²) in [6.45, 7) is 3.57. The van der Waals surface area contributed by atoms with Crippen molar-refractivity contribution in [1.29, 1.82) is 0 Å². The van der Waals surface area contributed by atoms with Crippen LogP contribution in [0.25, 0.3) is 0 Å². The largest absolute Gasteiger partial charge is 0.493 e. The standard InChI is InChI=1S/C19H21ClN2O4/c1-12-6-5-7-15(8-12)22-19(23)13(2)26-21-11-14-9-16(20)18(25-4)17(10-14)24-3/h5-11,13H,1-4H3,(H,22,23)/b21-11+. The fourth-order valence-electron chi connectivity index (χ4n) is 2.21. The van der Waals surface area contributed by atoms with Crippen LogP contribution in [0.4, 0.5) is 5.69 Å². The summed E-state index contributed by atoms with van der Waals surface area (Å²) in [6, 6.07) is 10.9. The number of hydrogen-bond donors (Lipinski definition) is 1. The zero-order valence-corrected chi connectivity index (χ0v) is 15.8. The topological polar surface area (TPSA) is 69.2 Å². The summed E-state index contributed by atoms with van der Waals surface area (Å²) in [5.74, 6) is 0.628.